The molecule has 252 valence electrons. The highest BCUT2D eigenvalue weighted by Crippen LogP contribution is 2.42. The maximum Gasteiger partial charge on any atom is 0.374 e. The van der Waals surface area contributed by atoms with Crippen LogP contribution in [0.3, 0.4) is 0 Å². The van der Waals surface area contributed by atoms with E-state index in [2.05, 4.69) is 0 Å². The SMILES string of the molecule is COC1CCC([C@@H]2CCN(C(=O)C3CCC([C@H](C)CF)CC3)[C@@H]2C(=O)Cc2ccc3oc(C(=O)OCC(=O)N(C)C)cc3c2)CC1. The summed E-state index contributed by atoms with van der Waals surface area (Å²) in [5, 5.41) is 0.657. The molecule has 0 bridgehead atoms. The van der Waals surface area contributed by atoms with E-state index < -0.39 is 12.0 Å². The summed E-state index contributed by atoms with van der Waals surface area (Å²) in [6, 6.07) is 6.48. The normalized spacial score (nSPS) is 27.4. The first-order valence-electron chi connectivity index (χ1n) is 16.9. The molecule has 3 atom stereocenters. The number of amides is 2. The van der Waals surface area contributed by atoms with Crippen molar-refractivity contribution in [1.82, 2.24) is 9.80 Å². The topological polar surface area (TPSA) is 106 Å². The molecule has 0 radical (unpaired) electrons. The third-order valence-electron chi connectivity index (χ3n) is 10.9. The van der Waals surface area contributed by atoms with Gasteiger partial charge in [-0.15, -0.1) is 0 Å². The molecule has 1 aromatic carbocycles. The second kappa shape index (κ2) is 15.1. The molecule has 46 heavy (non-hydrogen) atoms. The number of carbonyl (C=O) groups excluding carboxylic acids is 4. The van der Waals surface area contributed by atoms with Crippen LogP contribution in [-0.4, -0.2) is 86.5 Å². The number of methoxy groups -OCH3 is 1. The number of likely N-dealkylation sites (tertiary alicyclic amines) is 1. The minimum Gasteiger partial charge on any atom is -0.450 e. The molecule has 10 heteroatoms. The molecule has 2 aromatic rings. The Morgan fingerprint density at radius 1 is 1.00 bits per heavy atom. The molecule has 5 rings (SSSR count). The van der Waals surface area contributed by atoms with E-state index >= 15 is 0 Å². The lowest BCUT2D eigenvalue weighted by Crippen LogP contribution is -2.48. The van der Waals surface area contributed by atoms with Crippen LogP contribution >= 0.6 is 0 Å². The molecule has 1 aromatic heterocycles. The molecule has 2 amide bonds. The maximum absolute atomic E-state index is 14.2. The fraction of sp³-hybridized carbons (Fsp3) is 0.667. The fourth-order valence-corrected chi connectivity index (χ4v) is 7.95. The predicted molar refractivity (Wildman–Crippen MR) is 171 cm³/mol. The minimum absolute atomic E-state index is 0.0139. The number of ether oxygens (including phenoxy) is 2. The van der Waals surface area contributed by atoms with Gasteiger partial charge in [-0.1, -0.05) is 13.0 Å². The number of likely N-dealkylation sites (N-methyl/N-ethyl adjacent to an activating group) is 1. The predicted octanol–water partition coefficient (Wildman–Crippen LogP) is 5.62. The van der Waals surface area contributed by atoms with Crippen LogP contribution < -0.4 is 0 Å². The average Bonchev–Trinajstić information content (AvgIpc) is 3.71. The van der Waals surface area contributed by atoms with E-state index in [9.17, 15) is 23.6 Å². The van der Waals surface area contributed by atoms with Crippen LogP contribution in [0.5, 0.6) is 0 Å². The minimum atomic E-state index is -0.733. The number of rotatable bonds is 11. The number of halogens is 1. The van der Waals surface area contributed by atoms with Gasteiger partial charge in [-0.25, -0.2) is 4.79 Å². The van der Waals surface area contributed by atoms with Gasteiger partial charge in [-0.2, -0.15) is 0 Å². The van der Waals surface area contributed by atoms with Gasteiger partial charge in [0.2, 0.25) is 11.7 Å². The van der Waals surface area contributed by atoms with Crippen molar-refractivity contribution in [3.63, 3.8) is 0 Å². The fourth-order valence-electron chi connectivity index (χ4n) is 7.95. The third-order valence-corrected chi connectivity index (χ3v) is 10.9. The van der Waals surface area contributed by atoms with Gasteiger partial charge < -0.3 is 23.7 Å². The number of hydrogen-bond donors (Lipinski definition) is 0. The van der Waals surface area contributed by atoms with Gasteiger partial charge in [0.05, 0.1) is 18.8 Å². The number of fused-ring (bicyclic) bond motifs is 1. The maximum atomic E-state index is 14.2. The lowest BCUT2D eigenvalue weighted by Gasteiger charge is -2.37. The Balaban J connectivity index is 1.31. The van der Waals surface area contributed by atoms with Crippen molar-refractivity contribution in [2.75, 3.05) is 41.0 Å². The Labute approximate surface area is 271 Å². The van der Waals surface area contributed by atoms with E-state index in [0.29, 0.717) is 29.3 Å². The zero-order valence-electron chi connectivity index (χ0n) is 27.7. The van der Waals surface area contributed by atoms with Crippen LogP contribution in [0.25, 0.3) is 11.0 Å². The molecule has 0 unspecified atom stereocenters. The van der Waals surface area contributed by atoms with Gasteiger partial charge >= 0.3 is 5.97 Å². The van der Waals surface area contributed by atoms with Crippen molar-refractivity contribution in [2.24, 2.45) is 29.6 Å². The van der Waals surface area contributed by atoms with Gasteiger partial charge in [0.25, 0.3) is 5.91 Å². The van der Waals surface area contributed by atoms with Crippen LogP contribution in [-0.2, 0) is 30.3 Å². The molecule has 2 heterocycles. The Morgan fingerprint density at radius 3 is 2.37 bits per heavy atom. The van der Waals surface area contributed by atoms with E-state index in [1.165, 1.54) is 4.90 Å². The standard InChI is InChI=1S/C36H49FN2O7/c1-22(20-37)24-6-8-26(9-7-24)35(42)39-16-15-29(25-10-12-28(44-4)13-11-25)34(39)30(40)18-23-5-14-31-27(17-23)19-32(46-31)36(43)45-21-33(41)38(2)3/h5,14,17,19,22,24-26,28-29,34H,6-13,15-16,18,20-21H2,1-4H3/t22-,24?,25?,26?,28?,29+,34+/m1/s1. The lowest BCUT2D eigenvalue weighted by molar-refractivity contribution is -0.143. The molecular weight excluding hydrogens is 591 g/mol. The monoisotopic (exact) mass is 640 g/mol. The molecule has 3 fully saturated rings. The molecule has 0 N–H and O–H groups in total. The van der Waals surface area contributed by atoms with Crippen molar-refractivity contribution in [2.45, 2.75) is 83.3 Å². The number of carbonyl (C=O) groups is 4. The first kappa shape index (κ1) is 34.1. The highest BCUT2D eigenvalue weighted by atomic mass is 19.1. The summed E-state index contributed by atoms with van der Waals surface area (Å²) < 4.78 is 29.7. The van der Waals surface area contributed by atoms with E-state index in [4.69, 9.17) is 13.9 Å². The molecule has 2 aliphatic carbocycles. The molecule has 1 aliphatic heterocycles. The van der Waals surface area contributed by atoms with Gasteiger partial charge in [0, 0.05) is 45.5 Å². The summed E-state index contributed by atoms with van der Waals surface area (Å²) in [5.74, 6) is -0.274. The molecule has 1 saturated heterocycles. The van der Waals surface area contributed by atoms with Crippen molar-refractivity contribution in [1.29, 1.82) is 0 Å². The first-order chi connectivity index (χ1) is 22.1. The summed E-state index contributed by atoms with van der Waals surface area (Å²) in [7, 11) is 4.91. The number of alkyl halides is 1. The third kappa shape index (κ3) is 7.64. The quantitative estimate of drug-likeness (QED) is 0.294. The number of furan rings is 1. The molecule has 2 saturated carbocycles. The highest BCUT2D eigenvalue weighted by molar-refractivity contribution is 5.95. The number of nitrogens with zero attached hydrogens (tertiary/aromatic N) is 2. The van der Waals surface area contributed by atoms with Crippen LogP contribution in [0.2, 0.25) is 0 Å². The van der Waals surface area contributed by atoms with Crippen molar-refractivity contribution in [3.8, 4) is 0 Å². The van der Waals surface area contributed by atoms with Gasteiger partial charge in [0.15, 0.2) is 12.4 Å². The summed E-state index contributed by atoms with van der Waals surface area (Å²) >= 11 is 0. The second-order valence-electron chi connectivity index (χ2n) is 13.9. The zero-order valence-corrected chi connectivity index (χ0v) is 27.7. The number of hydrogen-bond acceptors (Lipinski definition) is 7. The Bertz CT molecular complexity index is 1390. The number of benzene rings is 1. The van der Waals surface area contributed by atoms with Gasteiger partial charge in [0.1, 0.15) is 5.58 Å². The first-order valence-corrected chi connectivity index (χ1v) is 16.9. The molecular formula is C36H49FN2O7. The Hall–Kier alpha value is -3.27. The average molecular weight is 641 g/mol. The van der Waals surface area contributed by atoms with E-state index in [1.54, 1.807) is 33.3 Å². The van der Waals surface area contributed by atoms with E-state index in [1.807, 2.05) is 24.0 Å². The van der Waals surface area contributed by atoms with Gasteiger partial charge in [-0.3, -0.25) is 18.8 Å². The number of esters is 1. The number of Topliss-reactive ketones (excluding diaryl/α,β-unsaturated/α-hetero) is 1. The van der Waals surface area contributed by atoms with Gasteiger partial charge in [-0.05, 0) is 105 Å². The molecule has 0 spiro atoms. The largest absolute Gasteiger partial charge is 0.450 e. The second-order valence-corrected chi connectivity index (χ2v) is 13.9. The van der Waals surface area contributed by atoms with E-state index in [0.717, 1.165) is 63.4 Å². The summed E-state index contributed by atoms with van der Waals surface area (Å²) in [5.41, 5.74) is 1.26. The number of ketones is 1. The summed E-state index contributed by atoms with van der Waals surface area (Å²) in [4.78, 5) is 55.8. The summed E-state index contributed by atoms with van der Waals surface area (Å²) in [6.45, 7) is 1.83. The van der Waals surface area contributed by atoms with Crippen LogP contribution in [0.1, 0.15) is 80.8 Å². The smallest absolute Gasteiger partial charge is 0.374 e. The van der Waals surface area contributed by atoms with Crippen molar-refractivity contribution >= 4 is 34.5 Å². The Kier molecular flexibility index (Phi) is 11.2. The van der Waals surface area contributed by atoms with E-state index in [-0.39, 0.29) is 66.9 Å². The van der Waals surface area contributed by atoms with Crippen LogP contribution in [0.4, 0.5) is 4.39 Å². The van der Waals surface area contributed by atoms with Crippen molar-refractivity contribution in [3.05, 3.63) is 35.6 Å². The molecule has 3 aliphatic rings. The van der Waals surface area contributed by atoms with Crippen LogP contribution in [0.15, 0.2) is 28.7 Å². The Morgan fingerprint density at radius 2 is 1.72 bits per heavy atom. The van der Waals surface area contributed by atoms with Crippen molar-refractivity contribution < 1.29 is 37.5 Å². The highest BCUT2D eigenvalue weighted by Gasteiger charge is 2.47. The summed E-state index contributed by atoms with van der Waals surface area (Å²) in [6.07, 6.45) is 8.35. The lowest BCUT2D eigenvalue weighted by atomic mass is 9.74. The van der Waals surface area contributed by atoms with Crippen LogP contribution in [0, 0.1) is 29.6 Å². The zero-order chi connectivity index (χ0) is 33.0. The molecule has 9 nitrogen and oxygen atoms in total.